The normalized spacial score (nSPS) is 15.9. The van der Waals surface area contributed by atoms with E-state index in [-0.39, 0.29) is 17.2 Å². The number of hydrogen-bond donors (Lipinski definition) is 0. The van der Waals surface area contributed by atoms with E-state index in [4.69, 9.17) is 5.10 Å². The number of rotatable bonds is 2. The molecule has 0 aliphatic carbocycles. The molecule has 0 saturated carbocycles. The predicted molar refractivity (Wildman–Crippen MR) is 115 cm³/mol. The smallest absolute Gasteiger partial charge is 0.255 e. The highest BCUT2D eigenvalue weighted by atomic mass is 16.2. The maximum absolute atomic E-state index is 13.0. The molecular formula is C23H26N6O. The molecular weight excluding hydrogens is 376 g/mol. The lowest BCUT2D eigenvalue weighted by Gasteiger charge is -2.31. The Morgan fingerprint density at radius 2 is 1.87 bits per heavy atom. The minimum atomic E-state index is -0.0351. The molecule has 30 heavy (non-hydrogen) atoms. The summed E-state index contributed by atoms with van der Waals surface area (Å²) < 4.78 is 3.88. The molecule has 1 amide bonds. The van der Waals surface area contributed by atoms with Gasteiger partial charge in [-0.3, -0.25) is 4.79 Å². The average molecular weight is 403 g/mol. The molecule has 1 saturated heterocycles. The summed E-state index contributed by atoms with van der Waals surface area (Å²) in [6.45, 7) is 7.88. The van der Waals surface area contributed by atoms with Crippen LogP contribution in [-0.2, 0) is 5.41 Å². The summed E-state index contributed by atoms with van der Waals surface area (Å²) in [4.78, 5) is 14.9. The molecule has 7 heteroatoms. The molecule has 0 N–H and O–H groups in total. The third-order valence-electron chi connectivity index (χ3n) is 5.95. The van der Waals surface area contributed by atoms with Gasteiger partial charge in [0.25, 0.3) is 5.91 Å². The summed E-state index contributed by atoms with van der Waals surface area (Å²) >= 11 is 0. The van der Waals surface area contributed by atoms with Crippen molar-refractivity contribution in [1.29, 1.82) is 0 Å². The molecule has 0 spiro atoms. The highest BCUT2D eigenvalue weighted by molar-refractivity contribution is 5.95. The topological polar surface area (TPSA) is 67.8 Å². The second kappa shape index (κ2) is 6.93. The van der Waals surface area contributed by atoms with Crippen LogP contribution in [0.1, 0.15) is 61.4 Å². The first-order valence-corrected chi connectivity index (χ1v) is 10.5. The standard InChI is InChI=1S/C23H26N6O/c1-23(2,3)19-7-8-20-24-25-21(29(20)26-19)16-9-12-27(13-10-16)22(30)17-14-18-6-4-5-11-28(18)15-17/h4-8,11,14-16H,9-10,12-13H2,1-3H3. The van der Waals surface area contributed by atoms with Crippen LogP contribution in [-0.4, -0.2) is 48.1 Å². The zero-order chi connectivity index (χ0) is 20.9. The van der Waals surface area contributed by atoms with E-state index in [1.54, 1.807) is 0 Å². The Morgan fingerprint density at radius 3 is 2.60 bits per heavy atom. The largest absolute Gasteiger partial charge is 0.339 e. The Hall–Kier alpha value is -3.22. The van der Waals surface area contributed by atoms with E-state index in [0.717, 1.165) is 41.1 Å². The van der Waals surface area contributed by atoms with E-state index in [1.165, 1.54) is 0 Å². The number of pyridine rings is 1. The lowest BCUT2D eigenvalue weighted by Crippen LogP contribution is -2.38. The second-order valence-corrected chi connectivity index (χ2v) is 9.12. The van der Waals surface area contributed by atoms with Crippen LogP contribution in [0.4, 0.5) is 0 Å². The molecule has 7 nitrogen and oxygen atoms in total. The molecule has 1 aliphatic rings. The summed E-state index contributed by atoms with van der Waals surface area (Å²) in [6.07, 6.45) is 5.60. The molecule has 4 aromatic rings. The van der Waals surface area contributed by atoms with E-state index in [1.807, 2.05) is 62.6 Å². The van der Waals surface area contributed by atoms with Crippen molar-refractivity contribution < 1.29 is 4.79 Å². The number of aromatic nitrogens is 5. The van der Waals surface area contributed by atoms with Crippen molar-refractivity contribution in [3.63, 3.8) is 0 Å². The lowest BCUT2D eigenvalue weighted by molar-refractivity contribution is 0.0711. The summed E-state index contributed by atoms with van der Waals surface area (Å²) in [5.74, 6) is 1.24. The van der Waals surface area contributed by atoms with Gasteiger partial charge in [0.05, 0.1) is 11.3 Å². The van der Waals surface area contributed by atoms with Crippen LogP contribution in [0.25, 0.3) is 11.2 Å². The monoisotopic (exact) mass is 402 g/mol. The Balaban J connectivity index is 1.34. The molecule has 154 valence electrons. The molecule has 0 aromatic carbocycles. The SMILES string of the molecule is CC(C)(C)c1ccc2nnc(C3CCN(C(=O)c4cc5ccccn5c4)CC3)n2n1. The fourth-order valence-corrected chi connectivity index (χ4v) is 4.16. The highest BCUT2D eigenvalue weighted by Gasteiger charge is 2.28. The van der Waals surface area contributed by atoms with Gasteiger partial charge in [0.1, 0.15) is 0 Å². The van der Waals surface area contributed by atoms with Crippen LogP contribution >= 0.6 is 0 Å². The van der Waals surface area contributed by atoms with E-state index in [9.17, 15) is 4.79 Å². The quantitative estimate of drug-likeness (QED) is 0.513. The molecule has 5 heterocycles. The van der Waals surface area contributed by atoms with Crippen molar-refractivity contribution >= 4 is 17.1 Å². The predicted octanol–water partition coefficient (Wildman–Crippen LogP) is 3.69. The molecule has 0 radical (unpaired) electrons. The van der Waals surface area contributed by atoms with Gasteiger partial charge in [-0.2, -0.15) is 9.61 Å². The van der Waals surface area contributed by atoms with Crippen molar-refractivity contribution in [2.75, 3.05) is 13.1 Å². The first kappa shape index (κ1) is 18.8. The third kappa shape index (κ3) is 3.24. The van der Waals surface area contributed by atoms with Crippen LogP contribution in [0, 0.1) is 0 Å². The van der Waals surface area contributed by atoms with Gasteiger partial charge >= 0.3 is 0 Å². The summed E-state index contributed by atoms with van der Waals surface area (Å²) in [6, 6.07) is 11.9. The number of hydrogen-bond acceptors (Lipinski definition) is 4. The van der Waals surface area contributed by atoms with Crippen LogP contribution in [0.3, 0.4) is 0 Å². The number of amides is 1. The third-order valence-corrected chi connectivity index (χ3v) is 5.95. The van der Waals surface area contributed by atoms with Crippen LogP contribution in [0.15, 0.2) is 48.8 Å². The van der Waals surface area contributed by atoms with E-state index >= 15 is 0 Å². The van der Waals surface area contributed by atoms with Gasteiger partial charge in [0, 0.05) is 42.3 Å². The summed E-state index contributed by atoms with van der Waals surface area (Å²) in [5, 5.41) is 13.6. The second-order valence-electron chi connectivity index (χ2n) is 9.12. The maximum atomic E-state index is 13.0. The van der Waals surface area contributed by atoms with Crippen molar-refractivity contribution in [2.24, 2.45) is 0 Å². The van der Waals surface area contributed by atoms with Gasteiger partial charge in [0.15, 0.2) is 11.5 Å². The lowest BCUT2D eigenvalue weighted by atomic mass is 9.92. The number of piperidine rings is 1. The average Bonchev–Trinajstić information content (AvgIpc) is 3.36. The number of carbonyl (C=O) groups is 1. The highest BCUT2D eigenvalue weighted by Crippen LogP contribution is 2.29. The number of nitrogens with zero attached hydrogens (tertiary/aromatic N) is 6. The molecule has 0 atom stereocenters. The zero-order valence-electron chi connectivity index (χ0n) is 17.6. The van der Waals surface area contributed by atoms with E-state index in [2.05, 4.69) is 31.0 Å². The van der Waals surface area contributed by atoms with Gasteiger partial charge in [-0.1, -0.05) is 26.8 Å². The molecule has 1 fully saturated rings. The number of likely N-dealkylation sites (tertiary alicyclic amines) is 1. The van der Waals surface area contributed by atoms with Crippen molar-refractivity contribution in [2.45, 2.75) is 44.9 Å². The Morgan fingerprint density at radius 1 is 1.07 bits per heavy atom. The van der Waals surface area contributed by atoms with Crippen molar-refractivity contribution in [3.8, 4) is 0 Å². The Bertz CT molecular complexity index is 1190. The summed E-state index contributed by atoms with van der Waals surface area (Å²) in [7, 11) is 0. The van der Waals surface area contributed by atoms with Crippen molar-refractivity contribution in [3.05, 3.63) is 65.9 Å². The molecule has 4 aromatic heterocycles. The van der Waals surface area contributed by atoms with Crippen molar-refractivity contribution in [1.82, 2.24) is 29.1 Å². The minimum absolute atomic E-state index is 0.0351. The fraction of sp³-hybridized carbons (Fsp3) is 0.391. The number of carbonyl (C=O) groups excluding carboxylic acids is 1. The van der Waals surface area contributed by atoms with Crippen LogP contribution in [0.5, 0.6) is 0 Å². The molecule has 0 bridgehead atoms. The Labute approximate surface area is 175 Å². The van der Waals surface area contributed by atoms with Gasteiger partial charge in [-0.25, -0.2) is 0 Å². The first-order chi connectivity index (χ1) is 14.4. The molecule has 5 rings (SSSR count). The van der Waals surface area contributed by atoms with Crippen LogP contribution in [0.2, 0.25) is 0 Å². The molecule has 1 aliphatic heterocycles. The zero-order valence-corrected chi connectivity index (χ0v) is 17.6. The Kier molecular flexibility index (Phi) is 4.34. The minimum Gasteiger partial charge on any atom is -0.339 e. The fourth-order valence-electron chi connectivity index (χ4n) is 4.16. The van der Waals surface area contributed by atoms with E-state index in [0.29, 0.717) is 13.1 Å². The summed E-state index contributed by atoms with van der Waals surface area (Å²) in [5.41, 5.74) is 3.53. The molecule has 0 unspecified atom stereocenters. The van der Waals surface area contributed by atoms with Gasteiger partial charge in [0.2, 0.25) is 0 Å². The maximum Gasteiger partial charge on any atom is 0.255 e. The first-order valence-electron chi connectivity index (χ1n) is 10.5. The van der Waals surface area contributed by atoms with Crippen LogP contribution < -0.4 is 0 Å². The van der Waals surface area contributed by atoms with Gasteiger partial charge in [-0.05, 0) is 43.2 Å². The van der Waals surface area contributed by atoms with Gasteiger partial charge in [-0.15, -0.1) is 10.2 Å². The van der Waals surface area contributed by atoms with Gasteiger partial charge < -0.3 is 9.30 Å². The number of fused-ring (bicyclic) bond motifs is 2. The van der Waals surface area contributed by atoms with E-state index < -0.39 is 0 Å².